The SMILES string of the molecule is Cl.NCC1CCCCC1NC(=O)CC1CCCc2ccccc21. The molecular weight excluding hydrogens is 308 g/mol. The quantitative estimate of drug-likeness (QED) is 0.883. The lowest BCUT2D eigenvalue weighted by atomic mass is 9.80. The second kappa shape index (κ2) is 8.70. The van der Waals surface area contributed by atoms with Crippen molar-refractivity contribution in [2.75, 3.05) is 6.54 Å². The van der Waals surface area contributed by atoms with Crippen LogP contribution in [0.4, 0.5) is 0 Å². The van der Waals surface area contributed by atoms with Crippen LogP contribution in [0.25, 0.3) is 0 Å². The first-order valence-electron chi connectivity index (χ1n) is 8.85. The summed E-state index contributed by atoms with van der Waals surface area (Å²) in [5.41, 5.74) is 8.69. The second-order valence-electron chi connectivity index (χ2n) is 6.95. The van der Waals surface area contributed by atoms with Crippen molar-refractivity contribution in [2.24, 2.45) is 11.7 Å². The van der Waals surface area contributed by atoms with E-state index in [9.17, 15) is 4.79 Å². The number of carbonyl (C=O) groups is 1. The lowest BCUT2D eigenvalue weighted by Gasteiger charge is -2.32. The van der Waals surface area contributed by atoms with Crippen LogP contribution < -0.4 is 11.1 Å². The molecular formula is C19H29ClN2O. The van der Waals surface area contributed by atoms with Gasteiger partial charge in [-0.3, -0.25) is 4.79 Å². The molecule has 2 aliphatic rings. The first kappa shape index (κ1) is 18.3. The zero-order chi connectivity index (χ0) is 15.4. The normalized spacial score (nSPS) is 26.7. The van der Waals surface area contributed by atoms with Crippen molar-refractivity contribution in [1.82, 2.24) is 5.32 Å². The third-order valence-corrected chi connectivity index (χ3v) is 5.48. The van der Waals surface area contributed by atoms with Crippen molar-refractivity contribution in [3.63, 3.8) is 0 Å². The number of carbonyl (C=O) groups excluding carboxylic acids is 1. The Morgan fingerprint density at radius 3 is 2.74 bits per heavy atom. The molecule has 4 heteroatoms. The van der Waals surface area contributed by atoms with Gasteiger partial charge in [-0.05, 0) is 61.6 Å². The first-order valence-corrected chi connectivity index (χ1v) is 8.85. The molecule has 2 aliphatic carbocycles. The predicted octanol–water partition coefficient (Wildman–Crippen LogP) is 3.55. The summed E-state index contributed by atoms with van der Waals surface area (Å²) in [6, 6.07) is 8.92. The first-order chi connectivity index (χ1) is 10.8. The minimum absolute atomic E-state index is 0. The van der Waals surface area contributed by atoms with E-state index in [1.54, 1.807) is 0 Å². The number of hydrogen-bond acceptors (Lipinski definition) is 2. The van der Waals surface area contributed by atoms with Crippen LogP contribution in [0.1, 0.15) is 62.0 Å². The van der Waals surface area contributed by atoms with Gasteiger partial charge in [-0.15, -0.1) is 12.4 Å². The average molecular weight is 337 g/mol. The Morgan fingerprint density at radius 1 is 1.13 bits per heavy atom. The van der Waals surface area contributed by atoms with E-state index in [2.05, 4.69) is 29.6 Å². The van der Waals surface area contributed by atoms with Crippen molar-refractivity contribution >= 4 is 18.3 Å². The summed E-state index contributed by atoms with van der Waals surface area (Å²) in [5.74, 6) is 1.08. The van der Waals surface area contributed by atoms with Crippen LogP contribution >= 0.6 is 12.4 Å². The Balaban J connectivity index is 0.00000192. The number of nitrogens with one attached hydrogen (secondary N) is 1. The van der Waals surface area contributed by atoms with E-state index in [1.165, 1.54) is 30.4 Å². The fraction of sp³-hybridized carbons (Fsp3) is 0.632. The zero-order valence-corrected chi connectivity index (χ0v) is 14.6. The maximum atomic E-state index is 12.5. The van der Waals surface area contributed by atoms with Crippen LogP contribution in [-0.4, -0.2) is 18.5 Å². The summed E-state index contributed by atoms with van der Waals surface area (Å²) in [6.45, 7) is 0.692. The molecule has 128 valence electrons. The van der Waals surface area contributed by atoms with Gasteiger partial charge in [-0.25, -0.2) is 0 Å². The topological polar surface area (TPSA) is 55.1 Å². The third-order valence-electron chi connectivity index (χ3n) is 5.48. The molecule has 3 unspecified atom stereocenters. The number of amides is 1. The molecule has 0 spiro atoms. The van der Waals surface area contributed by atoms with E-state index in [0.717, 1.165) is 25.7 Å². The zero-order valence-electron chi connectivity index (χ0n) is 13.8. The molecule has 23 heavy (non-hydrogen) atoms. The number of benzene rings is 1. The van der Waals surface area contributed by atoms with Gasteiger partial charge in [0, 0.05) is 12.5 Å². The Morgan fingerprint density at radius 2 is 1.91 bits per heavy atom. The van der Waals surface area contributed by atoms with E-state index in [0.29, 0.717) is 30.8 Å². The smallest absolute Gasteiger partial charge is 0.220 e. The highest BCUT2D eigenvalue weighted by Crippen LogP contribution is 2.34. The van der Waals surface area contributed by atoms with E-state index in [4.69, 9.17) is 5.73 Å². The Bertz CT molecular complexity index is 520. The number of rotatable bonds is 4. The third kappa shape index (κ3) is 4.48. The summed E-state index contributed by atoms with van der Waals surface area (Å²) < 4.78 is 0. The summed E-state index contributed by atoms with van der Waals surface area (Å²) >= 11 is 0. The Labute approximate surface area is 145 Å². The maximum Gasteiger partial charge on any atom is 0.220 e. The minimum Gasteiger partial charge on any atom is -0.353 e. The molecule has 1 aromatic carbocycles. The standard InChI is InChI=1S/C19H28N2O.ClH/c20-13-16-7-2-4-11-18(16)21-19(22)12-15-9-5-8-14-6-1-3-10-17(14)15;/h1,3,6,10,15-16,18H,2,4-5,7-9,11-13,20H2,(H,21,22);1H. The Hall–Kier alpha value is -1.06. The average Bonchev–Trinajstić information content (AvgIpc) is 2.55. The van der Waals surface area contributed by atoms with Gasteiger partial charge in [0.15, 0.2) is 0 Å². The second-order valence-corrected chi connectivity index (χ2v) is 6.95. The van der Waals surface area contributed by atoms with E-state index < -0.39 is 0 Å². The van der Waals surface area contributed by atoms with Crippen molar-refractivity contribution in [2.45, 2.75) is 63.3 Å². The predicted molar refractivity (Wildman–Crippen MR) is 96.9 cm³/mol. The van der Waals surface area contributed by atoms with Gasteiger partial charge in [-0.2, -0.15) is 0 Å². The highest BCUT2D eigenvalue weighted by Gasteiger charge is 2.27. The molecule has 0 aliphatic heterocycles. The van der Waals surface area contributed by atoms with Crippen LogP contribution in [0.3, 0.4) is 0 Å². The molecule has 0 bridgehead atoms. The number of aryl methyl sites for hydroxylation is 1. The molecule has 1 aromatic rings. The molecule has 3 N–H and O–H groups in total. The van der Waals surface area contributed by atoms with Gasteiger partial charge in [-0.1, -0.05) is 37.1 Å². The molecule has 0 saturated heterocycles. The van der Waals surface area contributed by atoms with E-state index in [1.807, 2.05) is 0 Å². The largest absolute Gasteiger partial charge is 0.353 e. The summed E-state index contributed by atoms with van der Waals surface area (Å²) in [4.78, 5) is 12.5. The number of fused-ring (bicyclic) bond motifs is 1. The lowest BCUT2D eigenvalue weighted by Crippen LogP contribution is -2.45. The molecule has 1 fully saturated rings. The van der Waals surface area contributed by atoms with Crippen molar-refractivity contribution < 1.29 is 4.79 Å². The maximum absolute atomic E-state index is 12.5. The van der Waals surface area contributed by atoms with Gasteiger partial charge in [0.25, 0.3) is 0 Å². The fourth-order valence-corrected chi connectivity index (χ4v) is 4.24. The Kier molecular flexibility index (Phi) is 6.91. The van der Waals surface area contributed by atoms with Crippen LogP contribution in [0.15, 0.2) is 24.3 Å². The number of nitrogens with two attached hydrogens (primary N) is 1. The molecule has 0 aromatic heterocycles. The fourth-order valence-electron chi connectivity index (χ4n) is 4.24. The highest BCUT2D eigenvalue weighted by molar-refractivity contribution is 5.85. The van der Waals surface area contributed by atoms with Gasteiger partial charge >= 0.3 is 0 Å². The van der Waals surface area contributed by atoms with Gasteiger partial charge in [0.05, 0.1) is 0 Å². The van der Waals surface area contributed by atoms with Crippen LogP contribution in [0.2, 0.25) is 0 Å². The van der Waals surface area contributed by atoms with Crippen molar-refractivity contribution in [1.29, 1.82) is 0 Å². The van der Waals surface area contributed by atoms with Crippen molar-refractivity contribution in [3.8, 4) is 0 Å². The van der Waals surface area contributed by atoms with Crippen LogP contribution in [0.5, 0.6) is 0 Å². The molecule has 3 rings (SSSR count). The van der Waals surface area contributed by atoms with Crippen LogP contribution in [-0.2, 0) is 11.2 Å². The molecule has 3 atom stereocenters. The highest BCUT2D eigenvalue weighted by atomic mass is 35.5. The molecule has 0 radical (unpaired) electrons. The van der Waals surface area contributed by atoms with E-state index >= 15 is 0 Å². The molecule has 3 nitrogen and oxygen atoms in total. The summed E-state index contributed by atoms with van der Waals surface area (Å²) in [6.07, 6.45) is 8.84. The summed E-state index contributed by atoms with van der Waals surface area (Å²) in [5, 5.41) is 3.28. The van der Waals surface area contributed by atoms with Crippen molar-refractivity contribution in [3.05, 3.63) is 35.4 Å². The molecule has 0 heterocycles. The van der Waals surface area contributed by atoms with E-state index in [-0.39, 0.29) is 18.3 Å². The molecule has 1 amide bonds. The lowest BCUT2D eigenvalue weighted by molar-refractivity contribution is -0.122. The van der Waals surface area contributed by atoms with Gasteiger partial charge in [0.2, 0.25) is 5.91 Å². The van der Waals surface area contributed by atoms with Gasteiger partial charge in [0.1, 0.15) is 0 Å². The molecule has 1 saturated carbocycles. The van der Waals surface area contributed by atoms with Gasteiger partial charge < -0.3 is 11.1 Å². The number of hydrogen-bond donors (Lipinski definition) is 2. The summed E-state index contributed by atoms with van der Waals surface area (Å²) in [7, 11) is 0. The van der Waals surface area contributed by atoms with Crippen LogP contribution in [0, 0.1) is 5.92 Å². The minimum atomic E-state index is 0. The monoisotopic (exact) mass is 336 g/mol. The number of halogens is 1.